The molecule has 1 amide bonds. The van der Waals surface area contributed by atoms with Crippen molar-refractivity contribution in [2.75, 3.05) is 6.61 Å². The number of alkyl carbamates (subject to hydrolysis) is 1. The Morgan fingerprint density at radius 3 is 2.71 bits per heavy atom. The summed E-state index contributed by atoms with van der Waals surface area (Å²) in [5, 5.41) is 2.82. The van der Waals surface area contributed by atoms with E-state index in [9.17, 15) is 9.18 Å². The van der Waals surface area contributed by atoms with Crippen molar-refractivity contribution in [3.63, 3.8) is 0 Å². The molecule has 2 atom stereocenters. The molecule has 3 rings (SSSR count). The highest BCUT2D eigenvalue weighted by Gasteiger charge is 2.19. The Morgan fingerprint density at radius 2 is 2.00 bits per heavy atom. The lowest BCUT2D eigenvalue weighted by molar-refractivity contribution is 0.0500. The fourth-order valence-electron chi connectivity index (χ4n) is 3.46. The summed E-state index contributed by atoms with van der Waals surface area (Å²) in [7, 11) is 0. The molecule has 2 N–H and O–H groups in total. The van der Waals surface area contributed by atoms with Crippen LogP contribution in [0.3, 0.4) is 0 Å². The summed E-state index contributed by atoms with van der Waals surface area (Å²) in [4.78, 5) is 19.3. The highest BCUT2D eigenvalue weighted by atomic mass is 19.1. The normalized spacial score (nSPS) is 13.6. The van der Waals surface area contributed by atoms with E-state index < -0.39 is 17.5 Å². The molecule has 0 aliphatic rings. The lowest BCUT2D eigenvalue weighted by Crippen LogP contribution is -2.38. The van der Waals surface area contributed by atoms with Gasteiger partial charge in [-0.2, -0.15) is 0 Å². The van der Waals surface area contributed by atoms with Crippen LogP contribution >= 0.6 is 0 Å². The smallest absolute Gasteiger partial charge is 0.407 e. The maximum Gasteiger partial charge on any atom is 0.407 e. The number of nitrogens with zero attached hydrogens (tertiary/aromatic N) is 1. The first-order chi connectivity index (χ1) is 14.6. The number of rotatable bonds is 7. The minimum absolute atomic E-state index is 0.0874. The Hall–Kier alpha value is -3.09. The van der Waals surface area contributed by atoms with Crippen LogP contribution in [0.25, 0.3) is 22.2 Å². The molecule has 31 heavy (non-hydrogen) atoms. The summed E-state index contributed by atoms with van der Waals surface area (Å²) >= 11 is 0. The fraction of sp³-hybridized carbons (Fsp3) is 0.417. The summed E-state index contributed by atoms with van der Waals surface area (Å²) in [6.45, 7) is 9.71. The van der Waals surface area contributed by atoms with Gasteiger partial charge in [-0.3, -0.25) is 4.98 Å². The predicted molar refractivity (Wildman–Crippen MR) is 120 cm³/mol. The number of carbonyl (C=O) groups excluding carboxylic acids is 1. The van der Waals surface area contributed by atoms with E-state index in [1.54, 1.807) is 12.3 Å². The SMILES string of the molecule is CC(COc1ccc(-c2ccnc3cc[nH]c23)cc1F)CC(C)NC(=O)OC(C)(C)C. The van der Waals surface area contributed by atoms with Gasteiger partial charge in [0, 0.05) is 24.0 Å². The molecule has 7 heteroatoms. The van der Waals surface area contributed by atoms with Crippen LogP contribution in [0.2, 0.25) is 0 Å². The Kier molecular flexibility index (Phi) is 6.83. The van der Waals surface area contributed by atoms with E-state index in [4.69, 9.17) is 9.47 Å². The van der Waals surface area contributed by atoms with Crippen LogP contribution in [-0.4, -0.2) is 34.3 Å². The van der Waals surface area contributed by atoms with Crippen molar-refractivity contribution in [3.8, 4) is 16.9 Å². The predicted octanol–water partition coefficient (Wildman–Crippen LogP) is 5.69. The summed E-state index contributed by atoms with van der Waals surface area (Å²) in [6, 6.07) is 8.61. The summed E-state index contributed by atoms with van der Waals surface area (Å²) in [5.74, 6) is -0.0935. The standard InChI is InChI=1S/C24H30FN3O3/c1-15(12-16(2)28-23(29)31-24(3,4)5)14-30-21-7-6-17(13-19(21)25)18-8-10-26-20-9-11-27-22(18)20/h6-11,13,15-16,27H,12,14H2,1-5H3,(H,28,29). The van der Waals surface area contributed by atoms with E-state index in [1.807, 2.05) is 59.0 Å². The van der Waals surface area contributed by atoms with Crippen LogP contribution < -0.4 is 10.1 Å². The zero-order chi connectivity index (χ0) is 22.6. The van der Waals surface area contributed by atoms with E-state index in [2.05, 4.69) is 15.3 Å². The number of halogens is 1. The third kappa shape index (κ3) is 6.20. The second-order valence-corrected chi connectivity index (χ2v) is 8.94. The molecular formula is C24H30FN3O3. The van der Waals surface area contributed by atoms with Gasteiger partial charge < -0.3 is 19.8 Å². The van der Waals surface area contributed by atoms with Crippen LogP contribution in [0.1, 0.15) is 41.0 Å². The van der Waals surface area contributed by atoms with Gasteiger partial charge in [0.25, 0.3) is 0 Å². The van der Waals surface area contributed by atoms with Gasteiger partial charge in [-0.05, 0) is 69.9 Å². The molecule has 166 valence electrons. The van der Waals surface area contributed by atoms with Gasteiger partial charge in [-0.15, -0.1) is 0 Å². The van der Waals surface area contributed by atoms with Crippen molar-refractivity contribution in [2.24, 2.45) is 5.92 Å². The molecule has 0 aliphatic carbocycles. The lowest BCUT2D eigenvalue weighted by Gasteiger charge is -2.23. The molecule has 0 saturated heterocycles. The molecule has 2 aromatic heterocycles. The number of fused-ring (bicyclic) bond motifs is 1. The minimum Gasteiger partial charge on any atom is -0.490 e. The van der Waals surface area contributed by atoms with E-state index in [1.165, 1.54) is 6.07 Å². The van der Waals surface area contributed by atoms with Gasteiger partial charge in [-0.1, -0.05) is 13.0 Å². The quantitative estimate of drug-likeness (QED) is 0.508. The van der Waals surface area contributed by atoms with Crippen molar-refractivity contribution in [3.05, 3.63) is 48.5 Å². The monoisotopic (exact) mass is 427 g/mol. The molecule has 3 aromatic rings. The molecule has 6 nitrogen and oxygen atoms in total. The maximum absolute atomic E-state index is 14.7. The summed E-state index contributed by atoms with van der Waals surface area (Å²) in [6.07, 6.45) is 3.76. The Labute approximate surface area is 182 Å². The molecule has 2 heterocycles. The van der Waals surface area contributed by atoms with Gasteiger partial charge in [0.1, 0.15) is 5.60 Å². The van der Waals surface area contributed by atoms with Crippen molar-refractivity contribution >= 4 is 17.1 Å². The molecule has 0 fully saturated rings. The van der Waals surface area contributed by atoms with Gasteiger partial charge in [-0.25, -0.2) is 9.18 Å². The second kappa shape index (κ2) is 9.37. The minimum atomic E-state index is -0.537. The average Bonchev–Trinajstić information content (AvgIpc) is 3.14. The van der Waals surface area contributed by atoms with Crippen LogP contribution in [-0.2, 0) is 4.74 Å². The number of amides is 1. The number of nitrogens with one attached hydrogen (secondary N) is 2. The van der Waals surface area contributed by atoms with Crippen molar-refractivity contribution in [2.45, 2.75) is 52.7 Å². The van der Waals surface area contributed by atoms with Crippen LogP contribution in [0.5, 0.6) is 5.75 Å². The number of pyridine rings is 1. The first kappa shape index (κ1) is 22.6. The largest absolute Gasteiger partial charge is 0.490 e. The molecule has 0 aliphatic heterocycles. The van der Waals surface area contributed by atoms with Crippen molar-refractivity contribution < 1.29 is 18.7 Å². The van der Waals surface area contributed by atoms with E-state index in [0.29, 0.717) is 13.0 Å². The zero-order valence-electron chi connectivity index (χ0n) is 18.7. The van der Waals surface area contributed by atoms with Crippen molar-refractivity contribution in [1.29, 1.82) is 0 Å². The number of aromatic amines is 1. The van der Waals surface area contributed by atoms with Gasteiger partial charge in [0.05, 0.1) is 17.6 Å². The fourth-order valence-corrected chi connectivity index (χ4v) is 3.46. The number of benzene rings is 1. The van der Waals surface area contributed by atoms with E-state index in [-0.39, 0.29) is 17.7 Å². The number of ether oxygens (including phenoxy) is 2. The third-order valence-corrected chi connectivity index (χ3v) is 4.73. The van der Waals surface area contributed by atoms with E-state index >= 15 is 0 Å². The number of hydrogen-bond acceptors (Lipinski definition) is 4. The topological polar surface area (TPSA) is 76.2 Å². The van der Waals surface area contributed by atoms with E-state index in [0.717, 1.165) is 22.2 Å². The lowest BCUT2D eigenvalue weighted by atomic mass is 10.0. The molecule has 2 unspecified atom stereocenters. The molecular weight excluding hydrogens is 397 g/mol. The van der Waals surface area contributed by atoms with Gasteiger partial charge in [0.2, 0.25) is 0 Å². The van der Waals surface area contributed by atoms with Crippen LogP contribution in [0.15, 0.2) is 42.7 Å². The maximum atomic E-state index is 14.7. The second-order valence-electron chi connectivity index (χ2n) is 8.94. The van der Waals surface area contributed by atoms with Crippen molar-refractivity contribution in [1.82, 2.24) is 15.3 Å². The van der Waals surface area contributed by atoms with Gasteiger partial charge >= 0.3 is 6.09 Å². The summed E-state index contributed by atoms with van der Waals surface area (Å²) in [5.41, 5.74) is 2.81. The van der Waals surface area contributed by atoms with Crippen LogP contribution in [0, 0.1) is 11.7 Å². The van der Waals surface area contributed by atoms with Crippen LogP contribution in [0.4, 0.5) is 9.18 Å². The number of H-pyrrole nitrogens is 1. The Morgan fingerprint density at radius 1 is 1.23 bits per heavy atom. The summed E-state index contributed by atoms with van der Waals surface area (Å²) < 4.78 is 25.7. The Bertz CT molecular complexity index is 1040. The van der Waals surface area contributed by atoms with Gasteiger partial charge in [0.15, 0.2) is 11.6 Å². The first-order valence-electron chi connectivity index (χ1n) is 10.5. The average molecular weight is 428 g/mol. The molecule has 1 aromatic carbocycles. The molecule has 0 bridgehead atoms. The number of hydrogen-bond donors (Lipinski definition) is 2. The first-order valence-corrected chi connectivity index (χ1v) is 10.5. The molecule has 0 radical (unpaired) electrons. The third-order valence-electron chi connectivity index (χ3n) is 4.73. The zero-order valence-corrected chi connectivity index (χ0v) is 18.7. The highest BCUT2D eigenvalue weighted by molar-refractivity contribution is 5.91. The highest BCUT2D eigenvalue weighted by Crippen LogP contribution is 2.30. The molecule has 0 spiro atoms. The number of carbonyl (C=O) groups is 1. The molecule has 0 saturated carbocycles. The Balaban J connectivity index is 1.56. The number of aromatic nitrogens is 2.